The van der Waals surface area contributed by atoms with E-state index < -0.39 is 0 Å². The largest absolute Gasteiger partial charge is 0.393 e. The van der Waals surface area contributed by atoms with Gasteiger partial charge in [0.25, 0.3) is 0 Å². The van der Waals surface area contributed by atoms with Crippen LogP contribution in [-0.4, -0.2) is 11.2 Å². The van der Waals surface area contributed by atoms with Gasteiger partial charge in [-0.25, -0.2) is 0 Å². The van der Waals surface area contributed by atoms with E-state index in [2.05, 4.69) is 47.6 Å². The summed E-state index contributed by atoms with van der Waals surface area (Å²) in [5.74, 6) is 6.31. The lowest BCUT2D eigenvalue weighted by Gasteiger charge is -2.58. The molecule has 3 fully saturated rings. The summed E-state index contributed by atoms with van der Waals surface area (Å²) in [7, 11) is 0. The van der Waals surface area contributed by atoms with Crippen LogP contribution in [0.2, 0.25) is 0 Å². The topological polar surface area (TPSA) is 20.2 Å². The van der Waals surface area contributed by atoms with Crippen molar-refractivity contribution in [2.45, 2.75) is 118 Å². The predicted molar refractivity (Wildman–Crippen MR) is 128 cm³/mol. The molecule has 172 valence electrons. The van der Waals surface area contributed by atoms with Crippen LogP contribution in [0.25, 0.3) is 0 Å². The summed E-state index contributed by atoms with van der Waals surface area (Å²) >= 11 is 0. The van der Waals surface area contributed by atoms with Crippen LogP contribution in [0.3, 0.4) is 0 Å². The Kier molecular flexibility index (Phi) is 6.53. The van der Waals surface area contributed by atoms with Gasteiger partial charge < -0.3 is 5.11 Å². The maximum atomic E-state index is 10.2. The molecule has 30 heavy (non-hydrogen) atoms. The van der Waals surface area contributed by atoms with Gasteiger partial charge in [-0.2, -0.15) is 0 Å². The average molecular weight is 415 g/mol. The number of hydrogen-bond donors (Lipinski definition) is 1. The Morgan fingerprint density at radius 3 is 2.47 bits per heavy atom. The first-order chi connectivity index (χ1) is 14.2. The van der Waals surface area contributed by atoms with Crippen molar-refractivity contribution < 1.29 is 5.11 Å². The number of rotatable bonds is 6. The maximum absolute atomic E-state index is 10.2. The van der Waals surface area contributed by atoms with Crippen LogP contribution in [0.15, 0.2) is 11.6 Å². The number of allylic oxidation sites excluding steroid dienone is 1. The summed E-state index contributed by atoms with van der Waals surface area (Å²) < 4.78 is 0. The summed E-state index contributed by atoms with van der Waals surface area (Å²) in [5.41, 5.74) is 2.59. The zero-order valence-electron chi connectivity index (χ0n) is 20.9. The number of aliphatic hydroxyl groups excluding tert-OH is 1. The van der Waals surface area contributed by atoms with E-state index in [4.69, 9.17) is 0 Å². The second-order valence-electron chi connectivity index (χ2n) is 12.9. The van der Waals surface area contributed by atoms with Crippen LogP contribution in [0.1, 0.15) is 112 Å². The third-order valence-electron chi connectivity index (χ3n) is 11.3. The van der Waals surface area contributed by atoms with Crippen molar-refractivity contribution in [2.75, 3.05) is 0 Å². The molecule has 4 aliphatic rings. The van der Waals surface area contributed by atoms with Gasteiger partial charge in [-0.05, 0) is 110 Å². The molecule has 4 aliphatic carbocycles. The van der Waals surface area contributed by atoms with E-state index in [9.17, 15) is 5.11 Å². The van der Waals surface area contributed by atoms with Crippen molar-refractivity contribution in [1.29, 1.82) is 0 Å². The molecule has 0 aromatic rings. The lowest BCUT2D eigenvalue weighted by molar-refractivity contribution is -0.0575. The monoisotopic (exact) mass is 414 g/mol. The molecule has 0 amide bonds. The minimum atomic E-state index is -0.0794. The van der Waals surface area contributed by atoms with Crippen LogP contribution in [0.4, 0.5) is 0 Å². The minimum Gasteiger partial charge on any atom is -0.393 e. The van der Waals surface area contributed by atoms with Crippen LogP contribution < -0.4 is 0 Å². The molecule has 0 spiro atoms. The average Bonchev–Trinajstić information content (AvgIpc) is 3.06. The van der Waals surface area contributed by atoms with Gasteiger partial charge in [0.05, 0.1) is 6.10 Å². The second-order valence-corrected chi connectivity index (χ2v) is 12.9. The zero-order chi connectivity index (χ0) is 21.7. The first-order valence-electron chi connectivity index (χ1n) is 13.6. The summed E-state index contributed by atoms with van der Waals surface area (Å²) in [6.45, 7) is 15.1. The maximum Gasteiger partial charge on any atom is 0.0577 e. The first-order valence-corrected chi connectivity index (χ1v) is 13.6. The number of fused-ring (bicyclic) bond motifs is 5. The Hall–Kier alpha value is -0.300. The van der Waals surface area contributed by atoms with Gasteiger partial charge in [-0.15, -0.1) is 0 Å². The van der Waals surface area contributed by atoms with Crippen LogP contribution >= 0.6 is 0 Å². The molecule has 9 atom stereocenters. The Labute approximate surface area is 187 Å². The predicted octanol–water partition coefficient (Wildman–Crippen LogP) is 8.02. The van der Waals surface area contributed by atoms with Crippen LogP contribution in [0.5, 0.6) is 0 Å². The summed E-state index contributed by atoms with van der Waals surface area (Å²) in [4.78, 5) is 0. The Bertz CT molecular complexity index is 634. The van der Waals surface area contributed by atoms with E-state index in [0.717, 1.165) is 54.3 Å². The molecular formula is C29H50O. The third-order valence-corrected chi connectivity index (χ3v) is 11.3. The molecule has 0 unspecified atom stereocenters. The molecular weight excluding hydrogens is 364 g/mol. The highest BCUT2D eigenvalue weighted by Gasteiger charge is 2.59. The molecule has 0 radical (unpaired) electrons. The highest BCUT2D eigenvalue weighted by atomic mass is 16.3. The summed E-state index contributed by atoms with van der Waals surface area (Å²) in [6.07, 6.45) is 17.1. The van der Waals surface area contributed by atoms with E-state index >= 15 is 0 Å². The molecule has 0 saturated heterocycles. The van der Waals surface area contributed by atoms with E-state index in [0.29, 0.717) is 10.8 Å². The highest BCUT2D eigenvalue weighted by Crippen LogP contribution is 2.67. The molecule has 0 aromatic heterocycles. The first kappa shape index (κ1) is 22.9. The van der Waals surface area contributed by atoms with Gasteiger partial charge in [-0.3, -0.25) is 0 Å². The van der Waals surface area contributed by atoms with Crippen LogP contribution in [0, 0.1) is 52.3 Å². The fourth-order valence-corrected chi connectivity index (χ4v) is 9.30. The minimum absolute atomic E-state index is 0.0794. The van der Waals surface area contributed by atoms with E-state index in [-0.39, 0.29) is 6.10 Å². The molecule has 0 aromatic carbocycles. The van der Waals surface area contributed by atoms with Crippen molar-refractivity contribution >= 4 is 0 Å². The third kappa shape index (κ3) is 3.74. The van der Waals surface area contributed by atoms with Gasteiger partial charge in [0.15, 0.2) is 0 Å². The molecule has 1 heteroatoms. The molecule has 1 nitrogen and oxygen atoms in total. The standard InChI is InChI=1S/C29H50O/c1-7-21(19(2)3)9-8-20(4)25-12-13-26-24-11-10-22-18-23(30)14-16-28(22,5)27(24)15-17-29(25,26)6/h10,19-21,23-27,30H,7-9,11-18H2,1-6H3/t20-,21-,23+,24-,25+,26+,27-,28+,29+/m0/s1. The van der Waals surface area contributed by atoms with Crippen molar-refractivity contribution in [3.63, 3.8) is 0 Å². The fourth-order valence-electron chi connectivity index (χ4n) is 9.30. The van der Waals surface area contributed by atoms with Gasteiger partial charge in [0, 0.05) is 0 Å². The quantitative estimate of drug-likeness (QED) is 0.436. The molecule has 3 saturated carbocycles. The van der Waals surface area contributed by atoms with Gasteiger partial charge >= 0.3 is 0 Å². The van der Waals surface area contributed by atoms with Crippen molar-refractivity contribution in [3.8, 4) is 0 Å². The van der Waals surface area contributed by atoms with E-state index in [1.807, 2.05) is 0 Å². The zero-order valence-corrected chi connectivity index (χ0v) is 20.9. The Morgan fingerprint density at radius 1 is 1.00 bits per heavy atom. The van der Waals surface area contributed by atoms with Gasteiger partial charge in [-0.1, -0.05) is 66.0 Å². The van der Waals surface area contributed by atoms with Gasteiger partial charge in [0.1, 0.15) is 0 Å². The smallest absolute Gasteiger partial charge is 0.0577 e. The van der Waals surface area contributed by atoms with E-state index in [1.54, 1.807) is 5.57 Å². The summed E-state index contributed by atoms with van der Waals surface area (Å²) in [5, 5.41) is 10.2. The van der Waals surface area contributed by atoms with Crippen molar-refractivity contribution in [1.82, 2.24) is 0 Å². The fraction of sp³-hybridized carbons (Fsp3) is 0.931. The number of hydrogen-bond acceptors (Lipinski definition) is 1. The lowest BCUT2D eigenvalue weighted by Crippen LogP contribution is -2.50. The Morgan fingerprint density at radius 2 is 1.77 bits per heavy atom. The number of aliphatic hydroxyl groups is 1. The molecule has 0 aliphatic heterocycles. The van der Waals surface area contributed by atoms with Crippen LogP contribution in [-0.2, 0) is 0 Å². The van der Waals surface area contributed by atoms with Crippen molar-refractivity contribution in [3.05, 3.63) is 11.6 Å². The lowest BCUT2D eigenvalue weighted by atomic mass is 9.47. The molecule has 0 bridgehead atoms. The SMILES string of the molecule is CC[C@@H](CC[C@H](C)[C@H]1CC[C@@H]2[C@@H]3CC=C4C[C@H](O)CC[C@@]4(C)[C@H]3CC[C@@]21C)C(C)C. The molecule has 4 rings (SSSR count). The summed E-state index contributed by atoms with van der Waals surface area (Å²) in [6, 6.07) is 0. The van der Waals surface area contributed by atoms with Gasteiger partial charge in [0.2, 0.25) is 0 Å². The van der Waals surface area contributed by atoms with Crippen molar-refractivity contribution in [2.24, 2.45) is 52.3 Å². The normalized spacial score (nSPS) is 45.3. The second kappa shape index (κ2) is 8.57. The van der Waals surface area contributed by atoms with E-state index in [1.165, 1.54) is 57.8 Å². The Balaban J connectivity index is 1.47. The molecule has 0 heterocycles. The highest BCUT2D eigenvalue weighted by molar-refractivity contribution is 5.25. The molecule has 1 N–H and O–H groups in total.